The third kappa shape index (κ3) is 4.49. The van der Waals surface area contributed by atoms with Crippen LogP contribution in [0.25, 0.3) is 0 Å². The minimum absolute atomic E-state index is 0.0365. The molecule has 2 fully saturated rings. The van der Waals surface area contributed by atoms with Gasteiger partial charge < -0.3 is 19.8 Å². The molecule has 0 bridgehead atoms. The van der Waals surface area contributed by atoms with E-state index in [1.54, 1.807) is 21.6 Å². The number of carbonyl (C=O) groups excluding carboxylic acids is 3. The van der Waals surface area contributed by atoms with Gasteiger partial charge in [0, 0.05) is 44.6 Å². The highest BCUT2D eigenvalue weighted by Crippen LogP contribution is 2.61. The van der Waals surface area contributed by atoms with Crippen molar-refractivity contribution in [2.45, 2.75) is 35.5 Å². The van der Waals surface area contributed by atoms with E-state index in [9.17, 15) is 19.5 Å². The number of hydrogen-bond acceptors (Lipinski definition) is 5. The monoisotopic (exact) mass is 543 g/mol. The zero-order valence-corrected chi connectivity index (χ0v) is 22.6. The van der Waals surface area contributed by atoms with Crippen molar-refractivity contribution in [2.24, 2.45) is 11.8 Å². The van der Waals surface area contributed by atoms with Gasteiger partial charge in [-0.3, -0.25) is 14.4 Å². The van der Waals surface area contributed by atoms with Gasteiger partial charge in [-0.2, -0.15) is 0 Å². The van der Waals surface area contributed by atoms with E-state index in [1.807, 2.05) is 83.8 Å². The Morgan fingerprint density at radius 2 is 1.44 bits per heavy atom. The average molecular weight is 544 g/mol. The number of benzene rings is 2. The van der Waals surface area contributed by atoms with Crippen molar-refractivity contribution < 1.29 is 19.5 Å². The topological polar surface area (TPSA) is 81.2 Å². The number of aliphatic hydroxyl groups excluding tert-OH is 1. The maximum Gasteiger partial charge on any atom is 0.247 e. The third-order valence-corrected chi connectivity index (χ3v) is 10.1. The van der Waals surface area contributed by atoms with Crippen LogP contribution in [0.4, 0.5) is 0 Å². The number of amides is 3. The molecule has 202 valence electrons. The minimum Gasteiger partial charge on any atom is -0.396 e. The van der Waals surface area contributed by atoms with Gasteiger partial charge in [0.1, 0.15) is 6.04 Å². The number of hydrogen-bond donors (Lipinski definition) is 1. The first kappa shape index (κ1) is 25.9. The molecule has 2 aromatic carbocycles. The normalized spacial score (nSPS) is 29.8. The van der Waals surface area contributed by atoms with Crippen LogP contribution in [0.5, 0.6) is 0 Å². The maximum atomic E-state index is 14.3. The summed E-state index contributed by atoms with van der Waals surface area (Å²) in [7, 11) is 0. The van der Waals surface area contributed by atoms with Gasteiger partial charge in [-0.25, -0.2) is 0 Å². The van der Waals surface area contributed by atoms with E-state index < -0.39 is 22.6 Å². The van der Waals surface area contributed by atoms with Crippen LogP contribution in [0.3, 0.4) is 0 Å². The number of likely N-dealkylation sites (tertiary alicyclic amines) is 1. The summed E-state index contributed by atoms with van der Waals surface area (Å²) < 4.78 is -0.833. The van der Waals surface area contributed by atoms with Gasteiger partial charge in [-0.15, -0.1) is 11.8 Å². The van der Waals surface area contributed by atoms with Crippen LogP contribution in [0.1, 0.15) is 17.5 Å². The summed E-state index contributed by atoms with van der Waals surface area (Å²) in [5, 5.41) is 9.41. The molecule has 0 aromatic heterocycles. The van der Waals surface area contributed by atoms with Gasteiger partial charge in [0.05, 0.1) is 16.6 Å². The lowest BCUT2D eigenvalue weighted by molar-refractivity contribution is -0.144. The highest BCUT2D eigenvalue weighted by atomic mass is 32.2. The van der Waals surface area contributed by atoms with E-state index in [0.29, 0.717) is 32.6 Å². The largest absolute Gasteiger partial charge is 0.396 e. The first-order chi connectivity index (χ1) is 19.0. The third-order valence-electron chi connectivity index (χ3n) is 8.32. The molecule has 1 unspecified atom stereocenters. The Bertz CT molecular complexity index is 1300. The molecule has 2 saturated heterocycles. The fraction of sp³-hybridized carbons (Fsp3) is 0.387. The predicted octanol–water partition coefficient (Wildman–Crippen LogP) is 2.86. The van der Waals surface area contributed by atoms with Crippen LogP contribution in [-0.4, -0.2) is 79.8 Å². The zero-order valence-electron chi connectivity index (χ0n) is 21.8. The molecule has 0 radical (unpaired) electrons. The smallest absolute Gasteiger partial charge is 0.247 e. The molecular weight excluding hydrogens is 510 g/mol. The van der Waals surface area contributed by atoms with Crippen molar-refractivity contribution in [1.29, 1.82) is 0 Å². The molecule has 5 atom stereocenters. The quantitative estimate of drug-likeness (QED) is 0.544. The van der Waals surface area contributed by atoms with Crippen LogP contribution in [-0.2, 0) is 27.5 Å². The molecule has 4 heterocycles. The number of rotatable bonds is 7. The average Bonchev–Trinajstić information content (AvgIpc) is 3.27. The van der Waals surface area contributed by atoms with Gasteiger partial charge in [-0.05, 0) is 17.5 Å². The maximum absolute atomic E-state index is 14.3. The zero-order chi connectivity index (χ0) is 27.0. The van der Waals surface area contributed by atoms with Gasteiger partial charge in [0.25, 0.3) is 0 Å². The summed E-state index contributed by atoms with van der Waals surface area (Å²) >= 11 is 1.59. The SMILES string of the molecule is O=C1C2N(CCCO)C(=O)[C@@H]3[C@@H]4C(=O)N(Cc5ccccc5)CC=C[C@@H]4S[C@]23C=CCN1Cc1ccccc1. The molecule has 1 N–H and O–H groups in total. The second-order valence-corrected chi connectivity index (χ2v) is 12.2. The molecule has 4 aliphatic heterocycles. The summed E-state index contributed by atoms with van der Waals surface area (Å²) in [4.78, 5) is 47.9. The molecule has 2 aromatic rings. The Balaban J connectivity index is 1.36. The Morgan fingerprint density at radius 1 is 0.821 bits per heavy atom. The summed E-state index contributed by atoms with van der Waals surface area (Å²) in [5.74, 6) is -1.48. The summed E-state index contributed by atoms with van der Waals surface area (Å²) in [6, 6.07) is 19.0. The van der Waals surface area contributed by atoms with Crippen LogP contribution in [0.2, 0.25) is 0 Å². The summed E-state index contributed by atoms with van der Waals surface area (Å²) in [5.41, 5.74) is 2.07. The number of nitrogens with zero attached hydrogens (tertiary/aromatic N) is 3. The number of fused-ring (bicyclic) bond motifs is 2. The lowest BCUT2D eigenvalue weighted by Gasteiger charge is -2.35. The molecule has 4 aliphatic rings. The van der Waals surface area contributed by atoms with Crippen LogP contribution >= 0.6 is 11.8 Å². The molecule has 7 nitrogen and oxygen atoms in total. The number of aliphatic hydroxyl groups is 1. The Hall–Kier alpha value is -3.36. The van der Waals surface area contributed by atoms with Crippen LogP contribution in [0, 0.1) is 11.8 Å². The Morgan fingerprint density at radius 3 is 2.08 bits per heavy atom. The van der Waals surface area contributed by atoms with Gasteiger partial charge in [0.15, 0.2) is 0 Å². The minimum atomic E-state index is -0.833. The Labute approximate surface area is 233 Å². The number of carbonyl (C=O) groups is 3. The standard InChI is InChI=1S/C31H33N3O4S/c35-19-9-18-34-27-30(38)33(21-23-12-5-2-6-13-23)17-8-15-31(27)26(29(34)37)25-24(39-31)14-7-16-32(28(25)36)20-22-10-3-1-4-11-22/h1-8,10-15,24-27,35H,9,16-21H2/t24-,25+,26-,27?,31-/m0/s1. The van der Waals surface area contributed by atoms with Crippen molar-refractivity contribution in [3.63, 3.8) is 0 Å². The van der Waals surface area contributed by atoms with Crippen molar-refractivity contribution in [3.8, 4) is 0 Å². The van der Waals surface area contributed by atoms with Gasteiger partial charge >= 0.3 is 0 Å². The van der Waals surface area contributed by atoms with Crippen LogP contribution in [0.15, 0.2) is 85.0 Å². The van der Waals surface area contributed by atoms with Crippen LogP contribution < -0.4 is 0 Å². The predicted molar refractivity (Wildman–Crippen MR) is 150 cm³/mol. The van der Waals surface area contributed by atoms with E-state index in [2.05, 4.69) is 6.08 Å². The number of thioether (sulfide) groups is 1. The fourth-order valence-corrected chi connectivity index (χ4v) is 8.62. The molecule has 8 heteroatoms. The second-order valence-electron chi connectivity index (χ2n) is 10.7. The van der Waals surface area contributed by atoms with E-state index in [0.717, 1.165) is 11.1 Å². The molecule has 39 heavy (non-hydrogen) atoms. The molecular formula is C31H33N3O4S. The Kier molecular flexibility index (Phi) is 7.08. The highest BCUT2D eigenvalue weighted by molar-refractivity contribution is 8.02. The van der Waals surface area contributed by atoms with E-state index in [-0.39, 0.29) is 36.1 Å². The van der Waals surface area contributed by atoms with E-state index in [4.69, 9.17) is 0 Å². The summed E-state index contributed by atoms with van der Waals surface area (Å²) in [6.07, 6.45) is 8.53. The molecule has 3 amide bonds. The van der Waals surface area contributed by atoms with Crippen molar-refractivity contribution in [3.05, 3.63) is 96.1 Å². The second kappa shape index (κ2) is 10.7. The molecule has 1 spiro atoms. The lowest BCUT2D eigenvalue weighted by Crippen LogP contribution is -2.53. The molecule has 0 aliphatic carbocycles. The fourth-order valence-electron chi connectivity index (χ4n) is 6.61. The van der Waals surface area contributed by atoms with Crippen molar-refractivity contribution in [2.75, 3.05) is 26.2 Å². The lowest BCUT2D eigenvalue weighted by atomic mass is 9.78. The summed E-state index contributed by atoms with van der Waals surface area (Å²) in [6.45, 7) is 2.07. The van der Waals surface area contributed by atoms with Gasteiger partial charge in [-0.1, -0.05) is 85.0 Å². The van der Waals surface area contributed by atoms with E-state index in [1.165, 1.54) is 0 Å². The van der Waals surface area contributed by atoms with E-state index >= 15 is 0 Å². The molecule has 6 rings (SSSR count). The van der Waals surface area contributed by atoms with Gasteiger partial charge in [0.2, 0.25) is 17.7 Å². The first-order valence-corrected chi connectivity index (χ1v) is 14.5. The van der Waals surface area contributed by atoms with Crippen molar-refractivity contribution in [1.82, 2.24) is 14.7 Å². The van der Waals surface area contributed by atoms with Crippen molar-refractivity contribution >= 4 is 29.5 Å². The molecule has 0 saturated carbocycles. The highest BCUT2D eigenvalue weighted by Gasteiger charge is 2.70. The first-order valence-electron chi connectivity index (χ1n) is 13.6.